The first-order chi connectivity index (χ1) is 11.9. The Balaban J connectivity index is 2.36. The summed E-state index contributed by atoms with van der Waals surface area (Å²) in [5.41, 5.74) is 9.83. The number of nitrogens with zero attached hydrogens (tertiary/aromatic N) is 1. The van der Waals surface area contributed by atoms with E-state index in [1.54, 1.807) is 19.2 Å². The maximum absolute atomic E-state index is 13.4. The molecule has 3 aromatic rings. The fourth-order valence-electron chi connectivity index (χ4n) is 3.22. The predicted octanol–water partition coefficient (Wildman–Crippen LogP) is 4.27. The van der Waals surface area contributed by atoms with Crippen molar-refractivity contribution >= 4 is 22.8 Å². The number of nitrogens with two attached hydrogens (primary N) is 1. The molecule has 0 amide bonds. The van der Waals surface area contributed by atoms with E-state index in [9.17, 15) is 4.39 Å². The van der Waals surface area contributed by atoms with Crippen molar-refractivity contribution in [2.75, 3.05) is 19.5 Å². The molecule has 0 fully saturated rings. The molecular weight excluding hydrogens is 317 g/mol. The fraction of sp³-hybridized carbons (Fsp3) is 0.250. The molecule has 0 aliphatic carbocycles. The molecule has 1 heterocycles. The summed E-state index contributed by atoms with van der Waals surface area (Å²) >= 11 is 0. The number of rotatable bonds is 5. The summed E-state index contributed by atoms with van der Waals surface area (Å²) in [4.78, 5) is 0. The first kappa shape index (κ1) is 17.2. The summed E-state index contributed by atoms with van der Waals surface area (Å²) in [6.45, 7) is 4.74. The van der Waals surface area contributed by atoms with Crippen LogP contribution in [0.5, 0.6) is 0 Å². The van der Waals surface area contributed by atoms with Crippen molar-refractivity contribution in [3.8, 4) is 5.69 Å². The molecule has 5 heteroatoms. The lowest BCUT2D eigenvalue weighted by Gasteiger charge is -2.26. The second-order valence-electron chi connectivity index (χ2n) is 6.84. The second-order valence-corrected chi connectivity index (χ2v) is 6.84. The van der Waals surface area contributed by atoms with Gasteiger partial charge in [-0.15, -0.1) is 0 Å². The number of hydrogen-bond donors (Lipinski definition) is 2. The molecular formula is C20H22FN3O. The topological polar surface area (TPSA) is 64.0 Å². The van der Waals surface area contributed by atoms with Crippen LogP contribution >= 0.6 is 0 Å². The minimum Gasteiger partial charge on any atom is -0.398 e. The molecule has 25 heavy (non-hydrogen) atoms. The van der Waals surface area contributed by atoms with E-state index < -0.39 is 0 Å². The highest BCUT2D eigenvalue weighted by Crippen LogP contribution is 2.34. The van der Waals surface area contributed by atoms with Gasteiger partial charge in [-0.1, -0.05) is 13.8 Å². The van der Waals surface area contributed by atoms with Gasteiger partial charge in [-0.05, 0) is 42.5 Å². The lowest BCUT2D eigenvalue weighted by molar-refractivity contribution is 0.144. The standard InChI is InChI=1S/C20H22FN3O/c1-20(2,12-25-3)19-10-13-8-17(23)14(11-22)9-18(13)24(19)16-6-4-15(21)5-7-16/h4-11,22H,12,23H2,1-3H3. The number of anilines is 1. The average Bonchev–Trinajstić information content (AvgIpc) is 2.94. The van der Waals surface area contributed by atoms with Gasteiger partial charge in [-0.25, -0.2) is 4.39 Å². The number of benzene rings is 2. The number of ether oxygens (including phenoxy) is 1. The molecule has 0 unspecified atom stereocenters. The summed E-state index contributed by atoms with van der Waals surface area (Å²) < 4.78 is 20.9. The van der Waals surface area contributed by atoms with E-state index >= 15 is 0 Å². The summed E-state index contributed by atoms with van der Waals surface area (Å²) in [5, 5.41) is 8.55. The van der Waals surface area contributed by atoms with Crippen LogP contribution in [0.2, 0.25) is 0 Å². The first-order valence-corrected chi connectivity index (χ1v) is 8.08. The van der Waals surface area contributed by atoms with Crippen molar-refractivity contribution in [2.24, 2.45) is 0 Å². The zero-order valence-corrected chi connectivity index (χ0v) is 14.6. The van der Waals surface area contributed by atoms with E-state index in [4.69, 9.17) is 15.9 Å². The highest BCUT2D eigenvalue weighted by atomic mass is 19.1. The van der Waals surface area contributed by atoms with Crippen LogP contribution in [0.25, 0.3) is 16.6 Å². The molecule has 0 aliphatic rings. The van der Waals surface area contributed by atoms with E-state index in [2.05, 4.69) is 24.5 Å². The minimum absolute atomic E-state index is 0.262. The number of methoxy groups -OCH3 is 1. The van der Waals surface area contributed by atoms with E-state index in [0.717, 1.165) is 22.3 Å². The molecule has 3 N–H and O–H groups in total. The van der Waals surface area contributed by atoms with Gasteiger partial charge < -0.3 is 20.4 Å². The summed E-state index contributed by atoms with van der Waals surface area (Å²) in [6, 6.07) is 12.3. The molecule has 0 radical (unpaired) electrons. The van der Waals surface area contributed by atoms with Gasteiger partial charge in [0, 0.05) is 46.8 Å². The Morgan fingerprint density at radius 3 is 2.48 bits per heavy atom. The zero-order valence-electron chi connectivity index (χ0n) is 14.6. The highest BCUT2D eigenvalue weighted by Gasteiger charge is 2.27. The lowest BCUT2D eigenvalue weighted by atomic mass is 9.90. The van der Waals surface area contributed by atoms with E-state index in [0.29, 0.717) is 17.9 Å². The number of hydrogen-bond acceptors (Lipinski definition) is 3. The van der Waals surface area contributed by atoms with Gasteiger partial charge in [-0.2, -0.15) is 0 Å². The Labute approximate surface area is 146 Å². The van der Waals surface area contributed by atoms with Crippen LogP contribution in [0.15, 0.2) is 42.5 Å². The average molecular weight is 339 g/mol. The molecule has 0 saturated carbocycles. The monoisotopic (exact) mass is 339 g/mol. The summed E-state index contributed by atoms with van der Waals surface area (Å²) in [5.74, 6) is -0.276. The molecule has 0 spiro atoms. The Morgan fingerprint density at radius 1 is 1.20 bits per heavy atom. The van der Waals surface area contributed by atoms with Crippen LogP contribution in [0.3, 0.4) is 0 Å². The zero-order chi connectivity index (χ0) is 18.2. The highest BCUT2D eigenvalue weighted by molar-refractivity contribution is 5.96. The van der Waals surface area contributed by atoms with Gasteiger partial charge in [0.25, 0.3) is 0 Å². The summed E-state index contributed by atoms with van der Waals surface area (Å²) in [7, 11) is 1.68. The number of aromatic nitrogens is 1. The van der Waals surface area contributed by atoms with Gasteiger partial charge in [0.05, 0.1) is 12.1 Å². The predicted molar refractivity (Wildman–Crippen MR) is 100 cm³/mol. The van der Waals surface area contributed by atoms with Crippen LogP contribution in [-0.2, 0) is 10.2 Å². The van der Waals surface area contributed by atoms with Crippen LogP contribution < -0.4 is 5.73 Å². The third-order valence-electron chi connectivity index (χ3n) is 4.45. The van der Waals surface area contributed by atoms with Crippen LogP contribution in [-0.4, -0.2) is 24.5 Å². The molecule has 4 nitrogen and oxygen atoms in total. The van der Waals surface area contributed by atoms with Crippen molar-refractivity contribution in [3.63, 3.8) is 0 Å². The molecule has 0 aliphatic heterocycles. The van der Waals surface area contributed by atoms with Crippen molar-refractivity contribution in [1.82, 2.24) is 4.57 Å². The number of nitrogen functional groups attached to an aromatic ring is 1. The van der Waals surface area contributed by atoms with Crippen molar-refractivity contribution in [3.05, 3.63) is 59.5 Å². The first-order valence-electron chi connectivity index (χ1n) is 8.08. The Morgan fingerprint density at radius 2 is 1.88 bits per heavy atom. The SMILES string of the molecule is COCC(C)(C)c1cc2cc(N)c(C=N)cc2n1-c1ccc(F)cc1. The number of halogens is 1. The normalized spacial score (nSPS) is 11.8. The van der Waals surface area contributed by atoms with Crippen LogP contribution in [0, 0.1) is 11.2 Å². The Hall–Kier alpha value is -2.66. The Bertz CT molecular complexity index is 926. The van der Waals surface area contributed by atoms with Gasteiger partial charge in [0.1, 0.15) is 5.82 Å². The smallest absolute Gasteiger partial charge is 0.123 e. The molecule has 0 bridgehead atoms. The van der Waals surface area contributed by atoms with Gasteiger partial charge in [0.15, 0.2) is 0 Å². The molecule has 0 saturated heterocycles. The molecule has 0 atom stereocenters. The van der Waals surface area contributed by atoms with E-state index in [-0.39, 0.29) is 11.2 Å². The van der Waals surface area contributed by atoms with Crippen LogP contribution in [0.4, 0.5) is 10.1 Å². The number of nitrogens with one attached hydrogen (secondary N) is 1. The Kier molecular flexibility index (Phi) is 4.35. The summed E-state index contributed by atoms with van der Waals surface area (Å²) in [6.07, 6.45) is 1.25. The van der Waals surface area contributed by atoms with Crippen molar-refractivity contribution < 1.29 is 9.13 Å². The molecule has 130 valence electrons. The quantitative estimate of drug-likeness (QED) is 0.538. The van der Waals surface area contributed by atoms with Crippen molar-refractivity contribution in [2.45, 2.75) is 19.3 Å². The van der Waals surface area contributed by atoms with Crippen LogP contribution in [0.1, 0.15) is 25.1 Å². The van der Waals surface area contributed by atoms with Gasteiger partial charge in [0.2, 0.25) is 0 Å². The minimum atomic E-state index is -0.276. The molecule has 2 aromatic carbocycles. The largest absolute Gasteiger partial charge is 0.398 e. The van der Waals surface area contributed by atoms with Crippen molar-refractivity contribution in [1.29, 1.82) is 5.41 Å². The fourth-order valence-corrected chi connectivity index (χ4v) is 3.22. The van der Waals surface area contributed by atoms with E-state index in [1.807, 2.05) is 12.1 Å². The second kappa shape index (κ2) is 6.33. The third kappa shape index (κ3) is 3.03. The van der Waals surface area contributed by atoms with Gasteiger partial charge in [-0.3, -0.25) is 0 Å². The molecule has 1 aromatic heterocycles. The molecule has 3 rings (SSSR count). The van der Waals surface area contributed by atoms with Gasteiger partial charge >= 0.3 is 0 Å². The lowest BCUT2D eigenvalue weighted by Crippen LogP contribution is -2.26. The maximum Gasteiger partial charge on any atom is 0.123 e. The maximum atomic E-state index is 13.4. The number of fused-ring (bicyclic) bond motifs is 1. The third-order valence-corrected chi connectivity index (χ3v) is 4.45. The van der Waals surface area contributed by atoms with E-state index in [1.165, 1.54) is 18.3 Å².